The molecule has 0 saturated carbocycles. The number of hydrogen-bond acceptors (Lipinski definition) is 4. The van der Waals surface area contributed by atoms with Crippen LogP contribution in [0, 0.1) is 0 Å². The van der Waals surface area contributed by atoms with E-state index in [9.17, 15) is 0 Å². The summed E-state index contributed by atoms with van der Waals surface area (Å²) in [6.07, 6.45) is 0. The second-order valence-corrected chi connectivity index (χ2v) is 5.41. The minimum absolute atomic E-state index is 0.0217. The summed E-state index contributed by atoms with van der Waals surface area (Å²) in [5.41, 5.74) is -0.0217. The SMILES string of the molecule is CCOc1cc(NC(C)(C)C)nc(C(C)C)n1. The molecule has 0 saturated heterocycles. The molecule has 0 unspecified atom stereocenters. The van der Waals surface area contributed by atoms with Crippen molar-refractivity contribution in [2.45, 2.75) is 53.0 Å². The predicted molar refractivity (Wildman–Crippen MR) is 70.7 cm³/mol. The lowest BCUT2D eigenvalue weighted by atomic mass is 10.1. The fraction of sp³-hybridized carbons (Fsp3) is 0.692. The molecule has 1 aromatic rings. The monoisotopic (exact) mass is 237 g/mol. The van der Waals surface area contributed by atoms with Gasteiger partial charge in [0.25, 0.3) is 0 Å². The highest BCUT2D eigenvalue weighted by atomic mass is 16.5. The van der Waals surface area contributed by atoms with Gasteiger partial charge < -0.3 is 10.1 Å². The van der Waals surface area contributed by atoms with Crippen LogP contribution < -0.4 is 10.1 Å². The second kappa shape index (κ2) is 5.34. The molecular formula is C13H23N3O. The van der Waals surface area contributed by atoms with Crippen LogP contribution in [-0.2, 0) is 0 Å². The van der Waals surface area contributed by atoms with Crippen LogP contribution >= 0.6 is 0 Å². The van der Waals surface area contributed by atoms with E-state index >= 15 is 0 Å². The Balaban J connectivity index is 3.03. The maximum Gasteiger partial charge on any atom is 0.218 e. The van der Waals surface area contributed by atoms with Gasteiger partial charge >= 0.3 is 0 Å². The van der Waals surface area contributed by atoms with E-state index in [-0.39, 0.29) is 11.5 Å². The van der Waals surface area contributed by atoms with Crippen LogP contribution in [0.5, 0.6) is 5.88 Å². The Bertz CT molecular complexity index is 369. The molecule has 0 amide bonds. The van der Waals surface area contributed by atoms with Crippen molar-refractivity contribution in [1.29, 1.82) is 0 Å². The van der Waals surface area contributed by atoms with Crippen molar-refractivity contribution >= 4 is 5.82 Å². The van der Waals surface area contributed by atoms with Crippen LogP contribution in [0.4, 0.5) is 5.82 Å². The molecule has 96 valence electrons. The maximum atomic E-state index is 5.46. The lowest BCUT2D eigenvalue weighted by Gasteiger charge is -2.22. The normalized spacial score (nSPS) is 11.7. The minimum atomic E-state index is -0.0217. The molecular weight excluding hydrogens is 214 g/mol. The first-order chi connectivity index (χ1) is 7.81. The number of ether oxygens (including phenoxy) is 1. The van der Waals surface area contributed by atoms with E-state index in [0.717, 1.165) is 11.6 Å². The standard InChI is InChI=1S/C13H23N3O/c1-7-17-11-8-10(16-13(4,5)6)14-12(15-11)9(2)3/h8-9H,7H2,1-6H3,(H,14,15,16). The van der Waals surface area contributed by atoms with Gasteiger partial charge in [-0.15, -0.1) is 0 Å². The summed E-state index contributed by atoms with van der Waals surface area (Å²) in [6, 6.07) is 1.85. The first kappa shape index (κ1) is 13.7. The molecule has 0 aliphatic heterocycles. The van der Waals surface area contributed by atoms with Crippen molar-refractivity contribution < 1.29 is 4.74 Å². The molecule has 1 heterocycles. The highest BCUT2D eigenvalue weighted by Crippen LogP contribution is 2.20. The van der Waals surface area contributed by atoms with E-state index < -0.39 is 0 Å². The lowest BCUT2D eigenvalue weighted by Crippen LogP contribution is -2.27. The topological polar surface area (TPSA) is 47.0 Å². The molecule has 0 atom stereocenters. The van der Waals surface area contributed by atoms with Crippen molar-refractivity contribution in [3.8, 4) is 5.88 Å². The molecule has 4 nitrogen and oxygen atoms in total. The zero-order valence-corrected chi connectivity index (χ0v) is 11.7. The number of hydrogen-bond donors (Lipinski definition) is 1. The summed E-state index contributed by atoms with van der Waals surface area (Å²) in [5, 5.41) is 3.34. The van der Waals surface area contributed by atoms with Crippen molar-refractivity contribution in [3.05, 3.63) is 11.9 Å². The average molecular weight is 237 g/mol. The van der Waals surface area contributed by atoms with Gasteiger partial charge in [0.15, 0.2) is 0 Å². The first-order valence-electron chi connectivity index (χ1n) is 6.12. The number of anilines is 1. The molecule has 1 aromatic heterocycles. The molecule has 0 spiro atoms. The van der Waals surface area contributed by atoms with Gasteiger partial charge in [0.2, 0.25) is 5.88 Å². The molecule has 0 bridgehead atoms. The second-order valence-electron chi connectivity index (χ2n) is 5.41. The maximum absolute atomic E-state index is 5.46. The molecule has 1 rings (SSSR count). The van der Waals surface area contributed by atoms with Gasteiger partial charge in [0.05, 0.1) is 6.61 Å². The van der Waals surface area contributed by atoms with Gasteiger partial charge in [-0.1, -0.05) is 13.8 Å². The summed E-state index contributed by atoms with van der Waals surface area (Å²) < 4.78 is 5.46. The smallest absolute Gasteiger partial charge is 0.218 e. The van der Waals surface area contributed by atoms with E-state index in [1.165, 1.54) is 0 Å². The summed E-state index contributed by atoms with van der Waals surface area (Å²) in [7, 11) is 0. The molecule has 0 aromatic carbocycles. The average Bonchev–Trinajstić information content (AvgIpc) is 2.14. The van der Waals surface area contributed by atoms with Gasteiger partial charge in [0, 0.05) is 17.5 Å². The third-order valence-corrected chi connectivity index (χ3v) is 2.03. The van der Waals surface area contributed by atoms with E-state index in [4.69, 9.17) is 4.74 Å². The Labute approximate surface area is 104 Å². The molecule has 0 aliphatic rings. The Morgan fingerprint density at radius 1 is 1.29 bits per heavy atom. The fourth-order valence-corrected chi connectivity index (χ4v) is 1.37. The quantitative estimate of drug-likeness (QED) is 0.873. The third-order valence-electron chi connectivity index (χ3n) is 2.03. The van der Waals surface area contributed by atoms with Crippen LogP contribution in [0.1, 0.15) is 53.3 Å². The number of nitrogens with one attached hydrogen (secondary N) is 1. The van der Waals surface area contributed by atoms with Crippen molar-refractivity contribution in [3.63, 3.8) is 0 Å². The summed E-state index contributed by atoms with van der Waals surface area (Å²) in [5.74, 6) is 2.55. The predicted octanol–water partition coefficient (Wildman–Crippen LogP) is 3.21. The Hall–Kier alpha value is -1.32. The van der Waals surface area contributed by atoms with Crippen LogP contribution in [-0.4, -0.2) is 22.1 Å². The van der Waals surface area contributed by atoms with Gasteiger partial charge in [-0.2, -0.15) is 4.98 Å². The van der Waals surface area contributed by atoms with Gasteiger partial charge in [-0.05, 0) is 27.7 Å². The molecule has 0 fully saturated rings. The van der Waals surface area contributed by atoms with Crippen LogP contribution in [0.3, 0.4) is 0 Å². The zero-order chi connectivity index (χ0) is 13.1. The fourth-order valence-electron chi connectivity index (χ4n) is 1.37. The van der Waals surface area contributed by atoms with Gasteiger partial charge in [-0.3, -0.25) is 0 Å². The van der Waals surface area contributed by atoms with Crippen LogP contribution in [0.25, 0.3) is 0 Å². The highest BCUT2D eigenvalue weighted by Gasteiger charge is 2.14. The van der Waals surface area contributed by atoms with Crippen molar-refractivity contribution in [1.82, 2.24) is 9.97 Å². The summed E-state index contributed by atoms with van der Waals surface area (Å²) >= 11 is 0. The number of rotatable bonds is 4. The Morgan fingerprint density at radius 3 is 2.41 bits per heavy atom. The lowest BCUT2D eigenvalue weighted by molar-refractivity contribution is 0.324. The molecule has 0 aliphatic carbocycles. The molecule has 4 heteroatoms. The van der Waals surface area contributed by atoms with Crippen LogP contribution in [0.2, 0.25) is 0 Å². The Morgan fingerprint density at radius 2 is 1.94 bits per heavy atom. The number of nitrogens with zero attached hydrogens (tertiary/aromatic N) is 2. The van der Waals surface area contributed by atoms with E-state index in [2.05, 4.69) is 49.9 Å². The van der Waals surface area contributed by atoms with E-state index in [0.29, 0.717) is 12.5 Å². The largest absolute Gasteiger partial charge is 0.478 e. The van der Waals surface area contributed by atoms with Crippen LogP contribution in [0.15, 0.2) is 6.07 Å². The Kier molecular flexibility index (Phi) is 4.32. The van der Waals surface area contributed by atoms with Crippen molar-refractivity contribution in [2.75, 3.05) is 11.9 Å². The number of aromatic nitrogens is 2. The summed E-state index contributed by atoms with van der Waals surface area (Å²) in [4.78, 5) is 8.88. The molecule has 0 radical (unpaired) electrons. The highest BCUT2D eigenvalue weighted by molar-refractivity contribution is 5.40. The molecule has 1 N–H and O–H groups in total. The first-order valence-corrected chi connectivity index (χ1v) is 6.12. The van der Waals surface area contributed by atoms with E-state index in [1.54, 1.807) is 0 Å². The molecule has 17 heavy (non-hydrogen) atoms. The minimum Gasteiger partial charge on any atom is -0.478 e. The van der Waals surface area contributed by atoms with Gasteiger partial charge in [-0.25, -0.2) is 4.98 Å². The van der Waals surface area contributed by atoms with E-state index in [1.807, 2.05) is 13.0 Å². The zero-order valence-electron chi connectivity index (χ0n) is 11.7. The third kappa shape index (κ3) is 4.59. The van der Waals surface area contributed by atoms with Gasteiger partial charge in [0.1, 0.15) is 11.6 Å². The van der Waals surface area contributed by atoms with Crippen molar-refractivity contribution in [2.24, 2.45) is 0 Å². The summed E-state index contributed by atoms with van der Waals surface area (Å²) in [6.45, 7) is 13.0.